The van der Waals surface area contributed by atoms with E-state index in [0.29, 0.717) is 11.3 Å². The molecule has 0 fully saturated rings. The van der Waals surface area contributed by atoms with Gasteiger partial charge in [0.2, 0.25) is 11.8 Å². The summed E-state index contributed by atoms with van der Waals surface area (Å²) in [6.45, 7) is 9.97. The Balaban J connectivity index is 2.33. The van der Waals surface area contributed by atoms with Crippen LogP contribution in [0.3, 0.4) is 0 Å². The van der Waals surface area contributed by atoms with Gasteiger partial charge in [0.25, 0.3) is 0 Å². The number of hydrogen-bond donors (Lipinski definition) is 2. The molecule has 1 aromatic rings. The zero-order valence-corrected chi connectivity index (χ0v) is 17.9. The number of fused-ring (bicyclic) bond motifs is 2. The van der Waals surface area contributed by atoms with Crippen LogP contribution < -0.4 is 11.1 Å². The van der Waals surface area contributed by atoms with Crippen molar-refractivity contribution in [2.45, 2.75) is 58.7 Å². The van der Waals surface area contributed by atoms with E-state index in [-0.39, 0.29) is 22.8 Å². The van der Waals surface area contributed by atoms with E-state index in [1.807, 2.05) is 0 Å². The molecule has 8 heteroatoms. The van der Waals surface area contributed by atoms with E-state index in [9.17, 15) is 14.4 Å². The van der Waals surface area contributed by atoms with Gasteiger partial charge in [0, 0.05) is 11.3 Å². The fourth-order valence-corrected chi connectivity index (χ4v) is 3.75. The molecule has 30 heavy (non-hydrogen) atoms. The van der Waals surface area contributed by atoms with Crippen molar-refractivity contribution in [2.75, 3.05) is 5.32 Å². The minimum Gasteiger partial charge on any atom is -0.459 e. The van der Waals surface area contributed by atoms with E-state index < -0.39 is 35.0 Å². The standard InChI is InChI=1S/C22H26N2O6/c1-11(2)28-18(25)16-17(23)29-12(3)15(19(26)30-21(4,5)6)22(16)13-9-7-8-10-14(13)24-20(22)27/h7-11H,23H2,1-6H3,(H,24,27). The highest BCUT2D eigenvalue weighted by Gasteiger charge is 2.62. The highest BCUT2D eigenvalue weighted by molar-refractivity contribution is 6.21. The van der Waals surface area contributed by atoms with Gasteiger partial charge in [0.15, 0.2) is 0 Å². The van der Waals surface area contributed by atoms with Crippen LogP contribution in [0.15, 0.2) is 47.1 Å². The van der Waals surface area contributed by atoms with Crippen molar-refractivity contribution in [3.8, 4) is 0 Å². The smallest absolute Gasteiger partial charge is 0.341 e. The van der Waals surface area contributed by atoms with Gasteiger partial charge in [-0.1, -0.05) is 18.2 Å². The molecular formula is C22H26N2O6. The van der Waals surface area contributed by atoms with Crippen molar-refractivity contribution in [1.82, 2.24) is 0 Å². The van der Waals surface area contributed by atoms with Crippen LogP contribution in [0.4, 0.5) is 5.69 Å². The number of esters is 2. The number of amides is 1. The number of nitrogens with two attached hydrogens (primary N) is 1. The second-order valence-electron chi connectivity index (χ2n) is 8.48. The SMILES string of the molecule is CC1=C(C(=O)OC(C)(C)C)C2(C(=O)Nc3ccccc32)C(C(=O)OC(C)C)=C(N)O1. The van der Waals surface area contributed by atoms with Crippen LogP contribution in [0.1, 0.15) is 47.1 Å². The Hall–Kier alpha value is -3.29. The highest BCUT2D eigenvalue weighted by atomic mass is 16.6. The molecule has 1 atom stereocenters. The Morgan fingerprint density at radius 3 is 2.37 bits per heavy atom. The number of para-hydroxylation sites is 1. The van der Waals surface area contributed by atoms with Gasteiger partial charge < -0.3 is 25.3 Å². The van der Waals surface area contributed by atoms with E-state index in [1.165, 1.54) is 6.92 Å². The van der Waals surface area contributed by atoms with Gasteiger partial charge >= 0.3 is 11.9 Å². The Labute approximate surface area is 175 Å². The Morgan fingerprint density at radius 1 is 1.13 bits per heavy atom. The fourth-order valence-electron chi connectivity index (χ4n) is 3.75. The Kier molecular flexibility index (Phi) is 5.14. The molecule has 1 aromatic carbocycles. The number of benzene rings is 1. The molecular weight excluding hydrogens is 388 g/mol. The van der Waals surface area contributed by atoms with Crippen LogP contribution in [0.5, 0.6) is 0 Å². The summed E-state index contributed by atoms with van der Waals surface area (Å²) in [5, 5.41) is 2.75. The van der Waals surface area contributed by atoms with Crippen LogP contribution >= 0.6 is 0 Å². The van der Waals surface area contributed by atoms with Crippen LogP contribution in [0.2, 0.25) is 0 Å². The summed E-state index contributed by atoms with van der Waals surface area (Å²) in [6.07, 6.45) is -0.480. The third-order valence-corrected chi connectivity index (χ3v) is 4.68. The largest absolute Gasteiger partial charge is 0.459 e. The molecule has 0 radical (unpaired) electrons. The summed E-state index contributed by atoms with van der Waals surface area (Å²) in [5.74, 6) is -2.45. The quantitative estimate of drug-likeness (QED) is 0.730. The molecule has 160 valence electrons. The highest BCUT2D eigenvalue weighted by Crippen LogP contribution is 2.52. The molecule has 1 unspecified atom stereocenters. The minimum absolute atomic E-state index is 0.0784. The summed E-state index contributed by atoms with van der Waals surface area (Å²) < 4.78 is 16.5. The second kappa shape index (κ2) is 7.19. The monoisotopic (exact) mass is 414 g/mol. The molecule has 8 nitrogen and oxygen atoms in total. The molecule has 3 rings (SSSR count). The maximum absolute atomic E-state index is 13.5. The average Bonchev–Trinajstić information content (AvgIpc) is 2.85. The van der Waals surface area contributed by atoms with Crippen LogP contribution in [0, 0.1) is 0 Å². The number of anilines is 1. The molecule has 2 aliphatic heterocycles. The molecule has 0 saturated heterocycles. The first-order chi connectivity index (χ1) is 13.9. The Bertz CT molecular complexity index is 999. The number of allylic oxidation sites excluding steroid dienone is 1. The van der Waals surface area contributed by atoms with Gasteiger partial charge in [-0.25, -0.2) is 9.59 Å². The number of ether oxygens (including phenoxy) is 3. The number of nitrogens with one attached hydrogen (secondary N) is 1. The van der Waals surface area contributed by atoms with Crippen molar-refractivity contribution >= 4 is 23.5 Å². The molecule has 0 bridgehead atoms. The maximum atomic E-state index is 13.5. The van der Waals surface area contributed by atoms with E-state index >= 15 is 0 Å². The third-order valence-electron chi connectivity index (χ3n) is 4.68. The van der Waals surface area contributed by atoms with Gasteiger partial charge in [-0.05, 0) is 47.6 Å². The van der Waals surface area contributed by atoms with Crippen LogP contribution in [0.25, 0.3) is 0 Å². The first-order valence-electron chi connectivity index (χ1n) is 9.64. The molecule has 0 aromatic heterocycles. The summed E-state index contributed by atoms with van der Waals surface area (Å²) >= 11 is 0. The van der Waals surface area contributed by atoms with E-state index in [4.69, 9.17) is 19.9 Å². The number of rotatable bonds is 3. The van der Waals surface area contributed by atoms with E-state index in [2.05, 4.69) is 5.32 Å². The molecule has 1 spiro atoms. The lowest BCUT2D eigenvalue weighted by Gasteiger charge is -2.36. The topological polar surface area (TPSA) is 117 Å². The number of carbonyl (C=O) groups excluding carboxylic acids is 3. The van der Waals surface area contributed by atoms with Crippen LogP contribution in [-0.2, 0) is 34.0 Å². The summed E-state index contributed by atoms with van der Waals surface area (Å²) in [6, 6.07) is 6.79. The van der Waals surface area contributed by atoms with Crippen molar-refractivity contribution in [1.29, 1.82) is 0 Å². The molecule has 1 amide bonds. The normalized spacial score (nSPS) is 20.8. The van der Waals surface area contributed by atoms with Crippen molar-refractivity contribution < 1.29 is 28.6 Å². The van der Waals surface area contributed by atoms with Crippen LogP contribution in [-0.4, -0.2) is 29.6 Å². The first-order valence-corrected chi connectivity index (χ1v) is 9.64. The maximum Gasteiger partial charge on any atom is 0.341 e. The Morgan fingerprint density at radius 2 is 1.77 bits per heavy atom. The summed E-state index contributed by atoms with van der Waals surface area (Å²) in [7, 11) is 0. The lowest BCUT2D eigenvalue weighted by atomic mass is 9.67. The zero-order chi connectivity index (χ0) is 22.4. The van der Waals surface area contributed by atoms with Gasteiger partial charge in [0.05, 0.1) is 6.10 Å². The summed E-state index contributed by atoms with van der Waals surface area (Å²) in [4.78, 5) is 39.9. The molecule has 2 heterocycles. The van der Waals surface area contributed by atoms with Gasteiger partial charge in [-0.3, -0.25) is 4.79 Å². The lowest BCUT2D eigenvalue weighted by Crippen LogP contribution is -2.49. The van der Waals surface area contributed by atoms with Gasteiger partial charge in [-0.15, -0.1) is 0 Å². The van der Waals surface area contributed by atoms with Gasteiger partial charge in [0.1, 0.15) is 27.9 Å². The van der Waals surface area contributed by atoms with E-state index in [0.717, 1.165) is 0 Å². The lowest BCUT2D eigenvalue weighted by molar-refractivity contribution is -0.152. The van der Waals surface area contributed by atoms with Crippen molar-refractivity contribution in [3.63, 3.8) is 0 Å². The number of carbonyl (C=O) groups is 3. The summed E-state index contributed by atoms with van der Waals surface area (Å²) in [5.41, 5.74) is 3.92. The predicted molar refractivity (Wildman–Crippen MR) is 109 cm³/mol. The minimum atomic E-state index is -1.85. The first kappa shape index (κ1) is 21.4. The predicted octanol–water partition coefficient (Wildman–Crippen LogP) is 2.64. The molecule has 2 aliphatic rings. The zero-order valence-electron chi connectivity index (χ0n) is 17.9. The molecule has 0 aliphatic carbocycles. The van der Waals surface area contributed by atoms with Crippen molar-refractivity contribution in [2.24, 2.45) is 5.73 Å². The fraction of sp³-hybridized carbons (Fsp3) is 0.409. The third kappa shape index (κ3) is 3.32. The van der Waals surface area contributed by atoms with Gasteiger partial charge in [-0.2, -0.15) is 0 Å². The molecule has 3 N–H and O–H groups in total. The van der Waals surface area contributed by atoms with E-state index in [1.54, 1.807) is 58.9 Å². The average molecular weight is 414 g/mol. The van der Waals surface area contributed by atoms with Crippen molar-refractivity contribution in [3.05, 3.63) is 52.6 Å². The number of hydrogen-bond acceptors (Lipinski definition) is 7. The molecule has 0 saturated carbocycles. The second-order valence-corrected chi connectivity index (χ2v) is 8.48.